The summed E-state index contributed by atoms with van der Waals surface area (Å²) in [5.41, 5.74) is 8.25. The topological polar surface area (TPSA) is 75.6 Å². The van der Waals surface area contributed by atoms with E-state index in [1.807, 2.05) is 18.2 Å². The van der Waals surface area contributed by atoms with E-state index < -0.39 is 0 Å². The molecule has 2 aromatic rings. The smallest absolute Gasteiger partial charge is 0.190 e. The minimum absolute atomic E-state index is 0.277. The Balaban J connectivity index is 2.20. The maximum Gasteiger partial charge on any atom is 0.190 e. The van der Waals surface area contributed by atoms with E-state index in [0.29, 0.717) is 16.6 Å². The lowest BCUT2D eigenvalue weighted by Gasteiger charge is -2.10. The Morgan fingerprint density at radius 3 is 2.57 bits per heavy atom. The molecule has 0 aliphatic heterocycles. The van der Waals surface area contributed by atoms with Crippen LogP contribution in [0.2, 0.25) is 0 Å². The summed E-state index contributed by atoms with van der Waals surface area (Å²) < 4.78 is 0. The zero-order valence-electron chi connectivity index (χ0n) is 12.2. The second-order valence-electron chi connectivity index (χ2n) is 5.20. The average molecular weight is 298 g/mol. The van der Waals surface area contributed by atoms with Gasteiger partial charge in [-0.3, -0.25) is 0 Å². The molecule has 1 heterocycles. The summed E-state index contributed by atoms with van der Waals surface area (Å²) in [6.07, 6.45) is 0.731. The van der Waals surface area contributed by atoms with Crippen LogP contribution in [0.3, 0.4) is 0 Å². The van der Waals surface area contributed by atoms with Crippen molar-refractivity contribution < 1.29 is 0 Å². The van der Waals surface area contributed by atoms with Gasteiger partial charge >= 0.3 is 0 Å². The molecule has 2 rings (SSSR count). The second kappa shape index (κ2) is 7.09. The highest BCUT2D eigenvalue weighted by atomic mass is 32.2. The van der Waals surface area contributed by atoms with Crippen LogP contribution in [0.25, 0.3) is 0 Å². The Bertz CT molecular complexity index is 647. The number of hydrogen-bond donors (Lipinski definition) is 1. The maximum absolute atomic E-state index is 9.19. The lowest BCUT2D eigenvalue weighted by Crippen LogP contribution is -2.07. The molecule has 5 heteroatoms. The van der Waals surface area contributed by atoms with Crippen LogP contribution < -0.4 is 5.73 Å². The van der Waals surface area contributed by atoms with Crippen molar-refractivity contribution in [2.24, 2.45) is 5.92 Å². The number of aromatic nitrogens is 2. The lowest BCUT2D eigenvalue weighted by atomic mass is 10.0. The number of nitrogen functional groups attached to an aromatic ring is 1. The maximum atomic E-state index is 9.19. The molecule has 1 aromatic carbocycles. The predicted molar refractivity (Wildman–Crippen MR) is 85.7 cm³/mol. The van der Waals surface area contributed by atoms with Gasteiger partial charge in [0.1, 0.15) is 17.5 Å². The standard InChI is InChI=1S/C16H18N4S/c1-11(2)8-14-13(9-17)15(18)20-16(19-14)21-10-12-6-4-3-5-7-12/h3-7,11H,8,10H2,1-2H3,(H2,18,19,20). The van der Waals surface area contributed by atoms with Gasteiger partial charge in [0.15, 0.2) is 5.16 Å². The number of nitrogens with zero attached hydrogens (tertiary/aromatic N) is 3. The Morgan fingerprint density at radius 2 is 1.95 bits per heavy atom. The fourth-order valence-corrected chi connectivity index (χ4v) is 2.77. The molecular formula is C16H18N4S. The van der Waals surface area contributed by atoms with Crippen LogP contribution in [0.5, 0.6) is 0 Å². The summed E-state index contributed by atoms with van der Waals surface area (Å²) in [6, 6.07) is 12.2. The van der Waals surface area contributed by atoms with E-state index in [1.165, 1.54) is 17.3 Å². The number of nitriles is 1. The molecule has 0 unspecified atom stereocenters. The van der Waals surface area contributed by atoms with Crippen LogP contribution in [0, 0.1) is 17.2 Å². The molecule has 0 saturated carbocycles. The van der Waals surface area contributed by atoms with Gasteiger partial charge in [-0.1, -0.05) is 55.9 Å². The molecule has 0 saturated heterocycles. The van der Waals surface area contributed by atoms with E-state index in [-0.39, 0.29) is 5.82 Å². The fourth-order valence-electron chi connectivity index (χ4n) is 1.95. The quantitative estimate of drug-likeness (QED) is 0.676. The molecule has 0 radical (unpaired) electrons. The van der Waals surface area contributed by atoms with Crippen molar-refractivity contribution in [2.45, 2.75) is 31.2 Å². The third-order valence-electron chi connectivity index (χ3n) is 2.92. The van der Waals surface area contributed by atoms with Gasteiger partial charge in [-0.15, -0.1) is 0 Å². The number of hydrogen-bond acceptors (Lipinski definition) is 5. The van der Waals surface area contributed by atoms with E-state index in [4.69, 9.17) is 5.73 Å². The normalized spacial score (nSPS) is 10.6. The van der Waals surface area contributed by atoms with Gasteiger partial charge in [0.2, 0.25) is 0 Å². The average Bonchev–Trinajstić information content (AvgIpc) is 2.45. The van der Waals surface area contributed by atoms with Crippen molar-refractivity contribution in [3.63, 3.8) is 0 Å². The summed E-state index contributed by atoms with van der Waals surface area (Å²) in [4.78, 5) is 8.74. The summed E-state index contributed by atoms with van der Waals surface area (Å²) in [7, 11) is 0. The van der Waals surface area contributed by atoms with Crippen LogP contribution in [-0.2, 0) is 12.2 Å². The molecule has 0 aliphatic carbocycles. The highest BCUT2D eigenvalue weighted by molar-refractivity contribution is 7.98. The van der Waals surface area contributed by atoms with Crippen molar-refractivity contribution in [1.82, 2.24) is 9.97 Å². The Kier molecular flexibility index (Phi) is 5.18. The first-order chi connectivity index (χ1) is 10.1. The van der Waals surface area contributed by atoms with Crippen molar-refractivity contribution in [3.8, 4) is 6.07 Å². The number of thioether (sulfide) groups is 1. The molecule has 0 bridgehead atoms. The van der Waals surface area contributed by atoms with E-state index in [0.717, 1.165) is 17.9 Å². The number of anilines is 1. The minimum atomic E-state index is 0.277. The molecule has 0 fully saturated rings. The molecule has 1 aromatic heterocycles. The Labute approximate surface area is 129 Å². The van der Waals surface area contributed by atoms with Crippen molar-refractivity contribution in [1.29, 1.82) is 5.26 Å². The monoisotopic (exact) mass is 298 g/mol. The van der Waals surface area contributed by atoms with E-state index in [2.05, 4.69) is 42.0 Å². The van der Waals surface area contributed by atoms with Crippen LogP contribution in [0.1, 0.15) is 30.7 Å². The van der Waals surface area contributed by atoms with Crippen molar-refractivity contribution in [3.05, 3.63) is 47.2 Å². The SMILES string of the molecule is CC(C)Cc1nc(SCc2ccccc2)nc(N)c1C#N. The van der Waals surface area contributed by atoms with Gasteiger partial charge in [-0.25, -0.2) is 9.97 Å². The van der Waals surface area contributed by atoms with Gasteiger partial charge < -0.3 is 5.73 Å². The molecule has 0 atom stereocenters. The molecule has 0 aliphatic rings. The van der Waals surface area contributed by atoms with Gasteiger partial charge in [-0.05, 0) is 17.9 Å². The first-order valence-electron chi connectivity index (χ1n) is 6.83. The molecule has 4 nitrogen and oxygen atoms in total. The first-order valence-corrected chi connectivity index (χ1v) is 7.82. The highest BCUT2D eigenvalue weighted by Crippen LogP contribution is 2.24. The fraction of sp³-hybridized carbons (Fsp3) is 0.312. The predicted octanol–water partition coefficient (Wildman–Crippen LogP) is 3.42. The summed E-state index contributed by atoms with van der Waals surface area (Å²) in [5, 5.41) is 9.82. The third kappa shape index (κ3) is 4.20. The molecule has 108 valence electrons. The van der Waals surface area contributed by atoms with Crippen molar-refractivity contribution >= 4 is 17.6 Å². The summed E-state index contributed by atoms with van der Waals surface area (Å²) >= 11 is 1.54. The number of rotatable bonds is 5. The van der Waals surface area contributed by atoms with Gasteiger partial charge in [0, 0.05) is 5.75 Å². The molecule has 2 N–H and O–H groups in total. The summed E-state index contributed by atoms with van der Waals surface area (Å²) in [5.74, 6) is 1.48. The number of benzene rings is 1. The van der Waals surface area contributed by atoms with Crippen LogP contribution in [-0.4, -0.2) is 9.97 Å². The van der Waals surface area contributed by atoms with Crippen LogP contribution in [0.15, 0.2) is 35.5 Å². The van der Waals surface area contributed by atoms with Crippen molar-refractivity contribution in [2.75, 3.05) is 5.73 Å². The van der Waals surface area contributed by atoms with E-state index in [1.54, 1.807) is 0 Å². The number of nitrogens with two attached hydrogens (primary N) is 1. The highest BCUT2D eigenvalue weighted by Gasteiger charge is 2.13. The molecule has 0 spiro atoms. The van der Waals surface area contributed by atoms with Gasteiger partial charge in [-0.2, -0.15) is 5.26 Å². The van der Waals surface area contributed by atoms with Crippen LogP contribution >= 0.6 is 11.8 Å². The zero-order valence-corrected chi connectivity index (χ0v) is 13.0. The minimum Gasteiger partial charge on any atom is -0.382 e. The second-order valence-corrected chi connectivity index (χ2v) is 6.14. The molecule has 21 heavy (non-hydrogen) atoms. The van der Waals surface area contributed by atoms with Gasteiger partial charge in [0.05, 0.1) is 5.69 Å². The first kappa shape index (κ1) is 15.3. The molecular weight excluding hydrogens is 280 g/mol. The zero-order chi connectivity index (χ0) is 15.2. The van der Waals surface area contributed by atoms with Gasteiger partial charge in [0.25, 0.3) is 0 Å². The largest absolute Gasteiger partial charge is 0.382 e. The Morgan fingerprint density at radius 1 is 1.24 bits per heavy atom. The lowest BCUT2D eigenvalue weighted by molar-refractivity contribution is 0.627. The summed E-state index contributed by atoms with van der Waals surface area (Å²) in [6.45, 7) is 4.19. The van der Waals surface area contributed by atoms with E-state index >= 15 is 0 Å². The third-order valence-corrected chi connectivity index (χ3v) is 3.83. The Hall–Kier alpha value is -2.06. The van der Waals surface area contributed by atoms with Crippen LogP contribution in [0.4, 0.5) is 5.82 Å². The van der Waals surface area contributed by atoms with E-state index in [9.17, 15) is 5.26 Å². The molecule has 0 amide bonds.